The van der Waals surface area contributed by atoms with E-state index in [9.17, 15) is 14.4 Å². The molecule has 5 heteroatoms. The van der Waals surface area contributed by atoms with E-state index in [0.29, 0.717) is 29.1 Å². The van der Waals surface area contributed by atoms with Crippen LogP contribution in [0.2, 0.25) is 0 Å². The zero-order valence-electron chi connectivity index (χ0n) is 16.6. The summed E-state index contributed by atoms with van der Waals surface area (Å²) in [5.41, 5.74) is 4.73. The number of nitriles is 1. The van der Waals surface area contributed by atoms with Gasteiger partial charge in [-0.2, -0.15) is 5.26 Å². The first-order valence-electron chi connectivity index (χ1n) is 9.69. The van der Waals surface area contributed by atoms with Gasteiger partial charge in [-0.15, -0.1) is 6.58 Å². The van der Waals surface area contributed by atoms with E-state index in [4.69, 9.17) is 0 Å². The fraction of sp³-hybridized carbons (Fsp3) is 0.160. The van der Waals surface area contributed by atoms with Crippen LogP contribution in [0, 0.1) is 24.1 Å². The number of carbonyl (C=O) groups is 1. The van der Waals surface area contributed by atoms with E-state index in [1.807, 2.05) is 37.4 Å². The molecule has 148 valence electrons. The zero-order valence-corrected chi connectivity index (χ0v) is 16.6. The Morgan fingerprint density at radius 3 is 2.83 bits per heavy atom. The van der Waals surface area contributed by atoms with Crippen molar-refractivity contribution >= 4 is 11.4 Å². The summed E-state index contributed by atoms with van der Waals surface area (Å²) in [4.78, 5) is 19.3. The highest BCUT2D eigenvalue weighted by molar-refractivity contribution is 5.99. The highest BCUT2D eigenvalue weighted by atomic mass is 19.1. The van der Waals surface area contributed by atoms with Crippen LogP contribution >= 0.6 is 0 Å². The second-order valence-electron chi connectivity index (χ2n) is 7.35. The van der Waals surface area contributed by atoms with E-state index >= 15 is 0 Å². The van der Waals surface area contributed by atoms with Gasteiger partial charge in [0.2, 0.25) is 0 Å². The van der Waals surface area contributed by atoms with Crippen LogP contribution in [0.25, 0.3) is 5.57 Å². The predicted molar refractivity (Wildman–Crippen MR) is 113 cm³/mol. The highest BCUT2D eigenvalue weighted by Crippen LogP contribution is 2.43. The van der Waals surface area contributed by atoms with Crippen molar-refractivity contribution in [3.05, 3.63) is 107 Å². The Kier molecular flexibility index (Phi) is 5.16. The number of benzene rings is 1. The second kappa shape index (κ2) is 7.92. The van der Waals surface area contributed by atoms with Gasteiger partial charge in [0.15, 0.2) is 0 Å². The predicted octanol–water partition coefficient (Wildman–Crippen LogP) is 4.83. The normalized spacial score (nSPS) is 18.4. The molecule has 0 N–H and O–H groups in total. The number of allylic oxidation sites excluding steroid dienone is 5. The van der Waals surface area contributed by atoms with Crippen molar-refractivity contribution in [3.63, 3.8) is 0 Å². The summed E-state index contributed by atoms with van der Waals surface area (Å²) in [7, 11) is 0. The van der Waals surface area contributed by atoms with Gasteiger partial charge in [0.05, 0.1) is 11.6 Å². The minimum absolute atomic E-state index is 0.0423. The number of hydrogen-bond acceptors (Lipinski definition) is 4. The second-order valence-corrected chi connectivity index (χ2v) is 7.35. The Morgan fingerprint density at radius 2 is 2.13 bits per heavy atom. The fourth-order valence-electron chi connectivity index (χ4n) is 3.97. The lowest BCUT2D eigenvalue weighted by Gasteiger charge is -2.33. The van der Waals surface area contributed by atoms with Crippen LogP contribution < -0.4 is 0 Å². The number of halogens is 1. The Balaban J connectivity index is 1.94. The topological polar surface area (TPSA) is 57.0 Å². The van der Waals surface area contributed by atoms with E-state index in [2.05, 4.69) is 17.6 Å². The Labute approximate surface area is 175 Å². The van der Waals surface area contributed by atoms with Crippen molar-refractivity contribution in [1.82, 2.24) is 9.88 Å². The summed E-state index contributed by atoms with van der Waals surface area (Å²) >= 11 is 0. The smallest absolute Gasteiger partial charge is 0.150 e. The molecule has 1 atom stereocenters. The van der Waals surface area contributed by atoms with Gasteiger partial charge in [0.1, 0.15) is 23.4 Å². The molecule has 0 bridgehead atoms. The fourth-order valence-corrected chi connectivity index (χ4v) is 3.97. The molecular weight excluding hydrogens is 377 g/mol. The standard InChI is InChI=1S/C25H20FN3O/c1-3-10-29-15-18-12-24(30)21(22-9-4-6-16(2)28-22)13-20(18)25(23(29)14-27)17-7-5-8-19(26)11-17/h3-9,11,13,15,21H,1,10,12H2,2H3. The van der Waals surface area contributed by atoms with Gasteiger partial charge >= 0.3 is 0 Å². The summed E-state index contributed by atoms with van der Waals surface area (Å²) in [6, 6.07) is 14.1. The molecule has 0 saturated heterocycles. The maximum Gasteiger partial charge on any atom is 0.150 e. The molecule has 0 spiro atoms. The van der Waals surface area contributed by atoms with Crippen LogP contribution in [0.4, 0.5) is 4.39 Å². The van der Waals surface area contributed by atoms with Gasteiger partial charge in [-0.3, -0.25) is 9.78 Å². The third kappa shape index (κ3) is 3.48. The monoisotopic (exact) mass is 397 g/mol. The first kappa shape index (κ1) is 19.5. The van der Waals surface area contributed by atoms with Crippen LogP contribution in [-0.4, -0.2) is 22.2 Å². The minimum Gasteiger partial charge on any atom is -0.335 e. The van der Waals surface area contributed by atoms with Gasteiger partial charge in [-0.1, -0.05) is 30.4 Å². The molecule has 2 aliphatic rings. The summed E-state index contributed by atoms with van der Waals surface area (Å²) < 4.78 is 14.0. The maximum atomic E-state index is 14.0. The molecule has 2 aromatic rings. The number of carbonyl (C=O) groups excluding carboxylic acids is 1. The van der Waals surface area contributed by atoms with Crippen molar-refractivity contribution in [2.24, 2.45) is 0 Å². The summed E-state index contributed by atoms with van der Waals surface area (Å²) in [5, 5.41) is 9.94. The number of Topliss-reactive ketones (excluding diaryl/α,β-unsaturated/α-hetero) is 1. The number of aromatic nitrogens is 1. The lowest BCUT2D eigenvalue weighted by Crippen LogP contribution is -2.27. The van der Waals surface area contributed by atoms with E-state index in [1.54, 1.807) is 23.1 Å². The third-order valence-electron chi connectivity index (χ3n) is 5.27. The van der Waals surface area contributed by atoms with Gasteiger partial charge in [-0.05, 0) is 47.9 Å². The Bertz CT molecular complexity index is 1180. The van der Waals surface area contributed by atoms with Crippen LogP contribution in [-0.2, 0) is 4.79 Å². The average molecular weight is 397 g/mol. The number of ketones is 1. The van der Waals surface area contributed by atoms with Gasteiger partial charge in [0, 0.05) is 30.4 Å². The van der Waals surface area contributed by atoms with Crippen LogP contribution in [0.1, 0.15) is 29.3 Å². The van der Waals surface area contributed by atoms with Crippen LogP contribution in [0.15, 0.2) is 84.2 Å². The van der Waals surface area contributed by atoms with Crippen molar-refractivity contribution in [2.75, 3.05) is 6.54 Å². The van der Waals surface area contributed by atoms with Crippen LogP contribution in [0.5, 0.6) is 0 Å². The lowest BCUT2D eigenvalue weighted by molar-refractivity contribution is -0.119. The van der Waals surface area contributed by atoms with Gasteiger partial charge in [-0.25, -0.2) is 4.39 Å². The Morgan fingerprint density at radius 1 is 1.33 bits per heavy atom. The zero-order chi connectivity index (χ0) is 21.3. The van der Waals surface area contributed by atoms with Crippen molar-refractivity contribution in [2.45, 2.75) is 19.3 Å². The average Bonchev–Trinajstić information content (AvgIpc) is 2.72. The van der Waals surface area contributed by atoms with Crippen LogP contribution in [0.3, 0.4) is 0 Å². The molecule has 2 heterocycles. The molecular formula is C25H20FN3O. The number of aryl methyl sites for hydroxylation is 1. The number of hydrogen-bond donors (Lipinski definition) is 0. The van der Waals surface area contributed by atoms with E-state index in [-0.39, 0.29) is 18.0 Å². The number of pyridine rings is 1. The molecule has 1 aliphatic heterocycles. The largest absolute Gasteiger partial charge is 0.335 e. The molecule has 0 saturated carbocycles. The molecule has 1 aliphatic carbocycles. The molecule has 0 radical (unpaired) electrons. The number of fused-ring (bicyclic) bond motifs is 1. The third-order valence-corrected chi connectivity index (χ3v) is 5.27. The molecule has 4 nitrogen and oxygen atoms in total. The molecule has 1 aromatic carbocycles. The van der Waals surface area contributed by atoms with Gasteiger partial charge < -0.3 is 4.90 Å². The molecule has 30 heavy (non-hydrogen) atoms. The minimum atomic E-state index is -0.508. The maximum absolute atomic E-state index is 14.0. The molecule has 0 fully saturated rings. The molecule has 4 rings (SSSR count). The van der Waals surface area contributed by atoms with E-state index in [0.717, 1.165) is 16.8 Å². The van der Waals surface area contributed by atoms with E-state index in [1.165, 1.54) is 12.1 Å². The molecule has 1 aromatic heterocycles. The number of rotatable bonds is 4. The molecule has 0 amide bonds. The van der Waals surface area contributed by atoms with Crippen molar-refractivity contribution in [1.29, 1.82) is 5.26 Å². The highest BCUT2D eigenvalue weighted by Gasteiger charge is 2.34. The first-order chi connectivity index (χ1) is 14.5. The van der Waals surface area contributed by atoms with Crippen molar-refractivity contribution in [3.8, 4) is 6.07 Å². The Hall–Kier alpha value is -3.78. The summed E-state index contributed by atoms with van der Waals surface area (Å²) in [5.74, 6) is -0.847. The molecule has 1 unspecified atom stereocenters. The van der Waals surface area contributed by atoms with Crippen molar-refractivity contribution < 1.29 is 9.18 Å². The summed E-state index contributed by atoms with van der Waals surface area (Å²) in [6.45, 7) is 6.06. The lowest BCUT2D eigenvalue weighted by atomic mass is 9.77. The van der Waals surface area contributed by atoms with Gasteiger partial charge in [0.25, 0.3) is 0 Å². The first-order valence-corrected chi connectivity index (χ1v) is 9.69. The quantitative estimate of drug-likeness (QED) is 0.693. The number of nitrogens with zero attached hydrogens (tertiary/aromatic N) is 3. The van der Waals surface area contributed by atoms with E-state index < -0.39 is 5.92 Å². The summed E-state index contributed by atoms with van der Waals surface area (Å²) in [6.07, 6.45) is 5.60. The SMILES string of the molecule is C=CCN1C=C2CC(=O)C(c3cccc(C)n3)C=C2C(c2cccc(F)c2)=C1C#N.